The summed E-state index contributed by atoms with van der Waals surface area (Å²) < 4.78 is 0. The van der Waals surface area contributed by atoms with Crippen molar-refractivity contribution in [3.63, 3.8) is 0 Å². The average molecular weight is 495 g/mol. The van der Waals surface area contributed by atoms with E-state index < -0.39 is 0 Å². The van der Waals surface area contributed by atoms with Gasteiger partial charge in [-0.15, -0.1) is 11.3 Å². The van der Waals surface area contributed by atoms with Crippen LogP contribution in [0.1, 0.15) is 29.7 Å². The van der Waals surface area contributed by atoms with Gasteiger partial charge in [-0.3, -0.25) is 9.69 Å². The van der Waals surface area contributed by atoms with Crippen molar-refractivity contribution in [3.8, 4) is 0 Å². The highest BCUT2D eigenvalue weighted by Crippen LogP contribution is 2.35. The van der Waals surface area contributed by atoms with Crippen molar-refractivity contribution in [3.05, 3.63) is 35.2 Å². The van der Waals surface area contributed by atoms with Gasteiger partial charge in [-0.05, 0) is 51.3 Å². The van der Waals surface area contributed by atoms with Gasteiger partial charge < -0.3 is 15.1 Å². The summed E-state index contributed by atoms with van der Waals surface area (Å²) in [7, 11) is 0. The van der Waals surface area contributed by atoms with E-state index in [0.29, 0.717) is 0 Å². The molecule has 9 nitrogen and oxygen atoms in total. The van der Waals surface area contributed by atoms with Crippen LogP contribution in [0, 0.1) is 19.8 Å². The van der Waals surface area contributed by atoms with Crippen LogP contribution in [0.3, 0.4) is 0 Å². The van der Waals surface area contributed by atoms with E-state index in [-0.39, 0.29) is 11.8 Å². The Kier molecular flexibility index (Phi) is 7.38. The van der Waals surface area contributed by atoms with Gasteiger partial charge in [0.05, 0.1) is 5.39 Å². The molecule has 0 aromatic carbocycles. The van der Waals surface area contributed by atoms with Crippen molar-refractivity contribution in [2.45, 2.75) is 33.1 Å². The summed E-state index contributed by atoms with van der Waals surface area (Å²) in [5, 5.41) is 4.36. The number of piperidine rings is 1. The molecular formula is C25H34N8OS. The molecule has 5 heterocycles. The molecule has 0 spiro atoms. The van der Waals surface area contributed by atoms with Crippen molar-refractivity contribution in [2.24, 2.45) is 5.92 Å². The van der Waals surface area contributed by atoms with Crippen LogP contribution in [-0.4, -0.2) is 83.1 Å². The van der Waals surface area contributed by atoms with Crippen molar-refractivity contribution in [2.75, 3.05) is 62.2 Å². The third kappa shape index (κ3) is 5.38. The van der Waals surface area contributed by atoms with Crippen LogP contribution in [0.15, 0.2) is 24.8 Å². The third-order valence-electron chi connectivity index (χ3n) is 7.27. The lowest BCUT2D eigenvalue weighted by Gasteiger charge is -2.34. The number of fused-ring (bicyclic) bond motifs is 1. The summed E-state index contributed by atoms with van der Waals surface area (Å²) in [6.45, 7) is 11.6. The molecule has 3 aromatic rings. The lowest BCUT2D eigenvalue weighted by molar-refractivity contribution is -0.125. The smallest absolute Gasteiger partial charge is 0.225 e. The third-order valence-corrected chi connectivity index (χ3v) is 8.38. The first-order valence-electron chi connectivity index (χ1n) is 12.6. The zero-order valence-corrected chi connectivity index (χ0v) is 21.4. The van der Waals surface area contributed by atoms with Gasteiger partial charge in [-0.1, -0.05) is 0 Å². The number of aryl methyl sites for hydroxylation is 2. The van der Waals surface area contributed by atoms with Gasteiger partial charge in [-0.25, -0.2) is 19.9 Å². The summed E-state index contributed by atoms with van der Waals surface area (Å²) in [4.78, 5) is 39.9. The van der Waals surface area contributed by atoms with Crippen molar-refractivity contribution < 1.29 is 4.79 Å². The van der Waals surface area contributed by atoms with Crippen molar-refractivity contribution >= 4 is 39.2 Å². The number of thiophene rings is 1. The van der Waals surface area contributed by atoms with E-state index in [1.54, 1.807) is 30.1 Å². The van der Waals surface area contributed by atoms with Crippen LogP contribution in [0.5, 0.6) is 0 Å². The van der Waals surface area contributed by atoms with Crippen LogP contribution in [-0.2, 0) is 4.79 Å². The molecule has 0 unspecified atom stereocenters. The minimum atomic E-state index is 0.0864. The topological polar surface area (TPSA) is 90.4 Å². The Balaban J connectivity index is 1.02. The van der Waals surface area contributed by atoms with Crippen molar-refractivity contribution in [1.82, 2.24) is 30.2 Å². The number of hydrogen-bond acceptors (Lipinski definition) is 9. The Morgan fingerprint density at radius 2 is 1.74 bits per heavy atom. The van der Waals surface area contributed by atoms with Crippen LogP contribution in [0.25, 0.3) is 10.2 Å². The molecule has 1 amide bonds. The van der Waals surface area contributed by atoms with Gasteiger partial charge in [-0.2, -0.15) is 0 Å². The van der Waals surface area contributed by atoms with Gasteiger partial charge in [0.15, 0.2) is 0 Å². The zero-order valence-electron chi connectivity index (χ0n) is 20.6. The molecule has 1 N–H and O–H groups in total. The van der Waals surface area contributed by atoms with Gasteiger partial charge >= 0.3 is 0 Å². The summed E-state index contributed by atoms with van der Waals surface area (Å²) in [6.07, 6.45) is 7.96. The van der Waals surface area contributed by atoms with E-state index in [0.717, 1.165) is 88.2 Å². The van der Waals surface area contributed by atoms with Gasteiger partial charge in [0.25, 0.3) is 0 Å². The minimum absolute atomic E-state index is 0.0864. The molecule has 5 rings (SSSR count). The van der Waals surface area contributed by atoms with E-state index in [2.05, 4.69) is 53.8 Å². The SMILES string of the molecule is Cc1sc2ncnc(N3CCC(C(=O)NCCCN4CCN(c5ncccn5)CC4)CC3)c2c1C. The maximum absolute atomic E-state index is 12.8. The quantitative estimate of drug-likeness (QED) is 0.502. The molecule has 0 bridgehead atoms. The van der Waals surface area contributed by atoms with E-state index >= 15 is 0 Å². The molecule has 0 aliphatic carbocycles. The fourth-order valence-electron chi connectivity index (χ4n) is 5.04. The largest absolute Gasteiger partial charge is 0.356 e. The summed E-state index contributed by atoms with van der Waals surface area (Å²) in [5.41, 5.74) is 1.27. The first-order valence-corrected chi connectivity index (χ1v) is 13.4. The Hall–Kier alpha value is -2.85. The normalized spacial score (nSPS) is 17.8. The molecule has 0 saturated carbocycles. The standard InChI is InChI=1S/C25H34N8OS/c1-18-19(2)35-24-21(18)22(29-17-30-24)32-11-5-20(6-12-32)23(34)26-9-4-10-31-13-15-33(16-14-31)25-27-7-3-8-28-25/h3,7-8,17,20H,4-6,9-16H2,1-2H3,(H,26,34). The lowest BCUT2D eigenvalue weighted by atomic mass is 9.95. The maximum atomic E-state index is 12.8. The lowest BCUT2D eigenvalue weighted by Crippen LogP contribution is -2.47. The number of carbonyl (C=O) groups excluding carboxylic acids is 1. The van der Waals surface area contributed by atoms with Gasteiger partial charge in [0.2, 0.25) is 11.9 Å². The second-order valence-electron chi connectivity index (χ2n) is 9.44. The van der Waals surface area contributed by atoms with Crippen molar-refractivity contribution in [1.29, 1.82) is 0 Å². The van der Waals surface area contributed by atoms with Crippen LogP contribution in [0.2, 0.25) is 0 Å². The number of amides is 1. The number of nitrogens with zero attached hydrogens (tertiary/aromatic N) is 7. The first-order chi connectivity index (χ1) is 17.1. The second kappa shape index (κ2) is 10.8. The maximum Gasteiger partial charge on any atom is 0.225 e. The molecule has 2 saturated heterocycles. The summed E-state index contributed by atoms with van der Waals surface area (Å²) in [6, 6.07) is 1.85. The molecule has 0 radical (unpaired) electrons. The summed E-state index contributed by atoms with van der Waals surface area (Å²) in [5.74, 6) is 2.12. The highest BCUT2D eigenvalue weighted by Gasteiger charge is 2.27. The van der Waals surface area contributed by atoms with Crippen LogP contribution >= 0.6 is 11.3 Å². The van der Waals surface area contributed by atoms with E-state index in [4.69, 9.17) is 0 Å². The van der Waals surface area contributed by atoms with E-state index in [1.807, 2.05) is 6.07 Å². The Morgan fingerprint density at radius 1 is 1.00 bits per heavy atom. The number of aromatic nitrogens is 4. The van der Waals surface area contributed by atoms with Gasteiger partial charge in [0.1, 0.15) is 17.0 Å². The first kappa shape index (κ1) is 23.9. The Morgan fingerprint density at radius 3 is 2.49 bits per heavy atom. The molecule has 2 aliphatic heterocycles. The highest BCUT2D eigenvalue weighted by molar-refractivity contribution is 7.18. The number of anilines is 2. The Labute approximate surface area is 210 Å². The molecule has 186 valence electrons. The van der Waals surface area contributed by atoms with Gasteiger partial charge in [0, 0.05) is 69.0 Å². The second-order valence-corrected chi connectivity index (χ2v) is 10.6. The van der Waals surface area contributed by atoms with Crippen LogP contribution < -0.4 is 15.1 Å². The fourth-order valence-corrected chi connectivity index (χ4v) is 6.03. The molecule has 2 aliphatic rings. The highest BCUT2D eigenvalue weighted by atomic mass is 32.1. The van der Waals surface area contributed by atoms with E-state index in [1.165, 1.54) is 15.8 Å². The molecular weight excluding hydrogens is 460 g/mol. The fraction of sp³-hybridized carbons (Fsp3) is 0.560. The zero-order chi connectivity index (χ0) is 24.2. The molecule has 10 heteroatoms. The predicted molar refractivity (Wildman–Crippen MR) is 140 cm³/mol. The average Bonchev–Trinajstić information content (AvgIpc) is 3.20. The molecule has 35 heavy (non-hydrogen) atoms. The molecule has 3 aromatic heterocycles. The summed E-state index contributed by atoms with van der Waals surface area (Å²) >= 11 is 1.73. The number of nitrogens with one attached hydrogen (secondary N) is 1. The number of piperazine rings is 1. The van der Waals surface area contributed by atoms with Crippen LogP contribution in [0.4, 0.5) is 11.8 Å². The minimum Gasteiger partial charge on any atom is -0.356 e. The predicted octanol–water partition coefficient (Wildman–Crippen LogP) is 2.64. The Bertz CT molecular complexity index is 1140. The van der Waals surface area contributed by atoms with E-state index in [9.17, 15) is 4.79 Å². The monoisotopic (exact) mass is 494 g/mol. The number of hydrogen-bond donors (Lipinski definition) is 1. The molecule has 2 fully saturated rings. The molecule has 0 atom stereocenters. The number of rotatable bonds is 7. The number of carbonyl (C=O) groups is 1.